The number of para-hydroxylation sites is 2. The highest BCUT2D eigenvalue weighted by Gasteiger charge is 2.12. The van der Waals surface area contributed by atoms with Gasteiger partial charge in [-0.25, -0.2) is 4.98 Å². The lowest BCUT2D eigenvalue weighted by Gasteiger charge is -2.13. The molecule has 2 N–H and O–H groups in total. The van der Waals surface area contributed by atoms with Crippen molar-refractivity contribution >= 4 is 16.7 Å². The van der Waals surface area contributed by atoms with Crippen LogP contribution < -0.4 is 5.73 Å². The maximum absolute atomic E-state index is 5.73. The largest absolute Gasteiger partial charge is 0.399 e. The molecule has 3 nitrogen and oxygen atoms in total. The van der Waals surface area contributed by atoms with Crippen LogP contribution in [0.1, 0.15) is 31.3 Å². The summed E-state index contributed by atoms with van der Waals surface area (Å²) in [6, 6.07) is 16.9. The predicted molar refractivity (Wildman–Crippen MR) is 88.4 cm³/mol. The van der Waals surface area contributed by atoms with E-state index >= 15 is 0 Å². The summed E-state index contributed by atoms with van der Waals surface area (Å²) in [5, 5.41) is 0. The van der Waals surface area contributed by atoms with E-state index in [4.69, 9.17) is 10.7 Å². The van der Waals surface area contributed by atoms with Gasteiger partial charge in [0.05, 0.1) is 11.0 Å². The summed E-state index contributed by atoms with van der Waals surface area (Å²) in [4.78, 5) is 4.80. The molecule has 0 atom stereocenters. The molecule has 0 unspecified atom stereocenters. The van der Waals surface area contributed by atoms with Gasteiger partial charge in [0.2, 0.25) is 0 Å². The number of benzene rings is 2. The number of nitrogens with two attached hydrogens (primary N) is 1. The Hall–Kier alpha value is -2.29. The molecule has 1 heterocycles. The highest BCUT2D eigenvalue weighted by molar-refractivity contribution is 5.76. The van der Waals surface area contributed by atoms with Crippen molar-refractivity contribution < 1.29 is 0 Å². The van der Waals surface area contributed by atoms with E-state index in [1.54, 1.807) is 0 Å². The van der Waals surface area contributed by atoms with Crippen LogP contribution in [0.3, 0.4) is 0 Å². The monoisotopic (exact) mass is 279 g/mol. The van der Waals surface area contributed by atoms with E-state index in [0.29, 0.717) is 6.04 Å². The van der Waals surface area contributed by atoms with Crippen LogP contribution >= 0.6 is 0 Å². The highest BCUT2D eigenvalue weighted by atomic mass is 15.1. The van der Waals surface area contributed by atoms with Gasteiger partial charge in [-0.2, -0.15) is 0 Å². The SMILES string of the molecule is CC(C)n1c(CCc2ccc(N)cc2)nc2ccccc21. The number of nitrogen functional groups attached to an aromatic ring is 1. The Morgan fingerprint density at radius 3 is 2.43 bits per heavy atom. The first-order valence-electron chi connectivity index (χ1n) is 7.45. The molecule has 0 aliphatic rings. The van der Waals surface area contributed by atoms with Crippen LogP contribution in [0.2, 0.25) is 0 Å². The third-order valence-corrected chi connectivity index (χ3v) is 3.80. The summed E-state index contributed by atoms with van der Waals surface area (Å²) in [5.74, 6) is 1.16. The summed E-state index contributed by atoms with van der Waals surface area (Å²) in [7, 11) is 0. The Labute approximate surface area is 125 Å². The van der Waals surface area contributed by atoms with Crippen LogP contribution in [0.5, 0.6) is 0 Å². The quantitative estimate of drug-likeness (QED) is 0.734. The molecule has 0 bridgehead atoms. The van der Waals surface area contributed by atoms with Gasteiger partial charge in [-0.15, -0.1) is 0 Å². The van der Waals surface area contributed by atoms with Crippen molar-refractivity contribution in [3.63, 3.8) is 0 Å². The average Bonchev–Trinajstić information content (AvgIpc) is 2.85. The standard InChI is InChI=1S/C18H21N3/c1-13(2)21-17-6-4-3-5-16(17)20-18(21)12-9-14-7-10-15(19)11-8-14/h3-8,10-11,13H,9,12,19H2,1-2H3. The van der Waals surface area contributed by atoms with Crippen molar-refractivity contribution in [2.24, 2.45) is 0 Å². The van der Waals surface area contributed by atoms with E-state index in [9.17, 15) is 0 Å². The zero-order valence-corrected chi connectivity index (χ0v) is 12.6. The fourth-order valence-corrected chi connectivity index (χ4v) is 2.79. The topological polar surface area (TPSA) is 43.8 Å². The van der Waals surface area contributed by atoms with Crippen LogP contribution in [0.15, 0.2) is 48.5 Å². The minimum absolute atomic E-state index is 0.416. The Bertz CT molecular complexity index is 739. The molecule has 3 rings (SSSR count). The molecule has 0 spiro atoms. The van der Waals surface area contributed by atoms with Crippen molar-refractivity contribution in [2.45, 2.75) is 32.7 Å². The van der Waals surface area contributed by atoms with Crippen molar-refractivity contribution in [1.29, 1.82) is 0 Å². The summed E-state index contributed by atoms with van der Waals surface area (Å²) in [6.45, 7) is 4.42. The zero-order valence-electron chi connectivity index (χ0n) is 12.6. The van der Waals surface area contributed by atoms with Crippen molar-refractivity contribution in [1.82, 2.24) is 9.55 Å². The van der Waals surface area contributed by atoms with Gasteiger partial charge in [-0.1, -0.05) is 24.3 Å². The Kier molecular flexibility index (Phi) is 3.65. The second kappa shape index (κ2) is 5.60. The van der Waals surface area contributed by atoms with E-state index in [2.05, 4.69) is 48.7 Å². The van der Waals surface area contributed by atoms with Crippen LogP contribution in [0, 0.1) is 0 Å². The molecule has 0 radical (unpaired) electrons. The number of aromatic nitrogens is 2. The molecule has 108 valence electrons. The van der Waals surface area contributed by atoms with Crippen molar-refractivity contribution in [2.75, 3.05) is 5.73 Å². The summed E-state index contributed by atoms with van der Waals surface area (Å²) in [5.41, 5.74) is 10.1. The Morgan fingerprint density at radius 1 is 1.00 bits per heavy atom. The molecule has 0 saturated heterocycles. The molecule has 0 saturated carbocycles. The van der Waals surface area contributed by atoms with E-state index in [0.717, 1.165) is 29.9 Å². The average molecular weight is 279 g/mol. The number of hydrogen-bond donors (Lipinski definition) is 1. The fraction of sp³-hybridized carbons (Fsp3) is 0.278. The third kappa shape index (κ3) is 2.77. The minimum atomic E-state index is 0.416. The first-order chi connectivity index (χ1) is 10.1. The van der Waals surface area contributed by atoms with Crippen LogP contribution in [0.4, 0.5) is 5.69 Å². The summed E-state index contributed by atoms with van der Waals surface area (Å²) in [6.07, 6.45) is 1.92. The lowest BCUT2D eigenvalue weighted by atomic mass is 10.1. The number of fused-ring (bicyclic) bond motifs is 1. The van der Waals surface area contributed by atoms with E-state index in [1.807, 2.05) is 18.2 Å². The van der Waals surface area contributed by atoms with Crippen LogP contribution in [-0.4, -0.2) is 9.55 Å². The third-order valence-electron chi connectivity index (χ3n) is 3.80. The highest BCUT2D eigenvalue weighted by Crippen LogP contribution is 2.22. The molecule has 0 fully saturated rings. The summed E-state index contributed by atoms with van der Waals surface area (Å²) < 4.78 is 2.34. The first-order valence-corrected chi connectivity index (χ1v) is 7.45. The lowest BCUT2D eigenvalue weighted by molar-refractivity contribution is 0.582. The lowest BCUT2D eigenvalue weighted by Crippen LogP contribution is -2.07. The number of nitrogens with zero attached hydrogens (tertiary/aromatic N) is 2. The number of imidazole rings is 1. The number of hydrogen-bond acceptors (Lipinski definition) is 2. The Morgan fingerprint density at radius 2 is 1.71 bits per heavy atom. The predicted octanol–water partition coefficient (Wildman–Crippen LogP) is 3.98. The van der Waals surface area contributed by atoms with Crippen molar-refractivity contribution in [3.05, 3.63) is 59.9 Å². The molecule has 2 aromatic carbocycles. The van der Waals surface area contributed by atoms with Gasteiger partial charge in [0.1, 0.15) is 5.82 Å². The van der Waals surface area contributed by atoms with Crippen molar-refractivity contribution in [3.8, 4) is 0 Å². The second-order valence-corrected chi connectivity index (χ2v) is 5.72. The van der Waals surface area contributed by atoms with Crippen LogP contribution in [-0.2, 0) is 12.8 Å². The van der Waals surface area contributed by atoms with Crippen LogP contribution in [0.25, 0.3) is 11.0 Å². The van der Waals surface area contributed by atoms with Gasteiger partial charge < -0.3 is 10.3 Å². The van der Waals surface area contributed by atoms with Gasteiger partial charge >= 0.3 is 0 Å². The second-order valence-electron chi connectivity index (χ2n) is 5.72. The van der Waals surface area contributed by atoms with E-state index < -0.39 is 0 Å². The smallest absolute Gasteiger partial charge is 0.110 e. The van der Waals surface area contributed by atoms with Gasteiger partial charge in [-0.3, -0.25) is 0 Å². The van der Waals surface area contributed by atoms with E-state index in [1.165, 1.54) is 11.1 Å². The van der Waals surface area contributed by atoms with Gasteiger partial charge in [0, 0.05) is 18.2 Å². The maximum Gasteiger partial charge on any atom is 0.110 e. The molecule has 0 amide bonds. The zero-order chi connectivity index (χ0) is 14.8. The molecular weight excluding hydrogens is 258 g/mol. The molecular formula is C18H21N3. The number of anilines is 1. The van der Waals surface area contributed by atoms with Gasteiger partial charge in [-0.05, 0) is 50.1 Å². The maximum atomic E-state index is 5.73. The molecule has 1 aromatic heterocycles. The number of rotatable bonds is 4. The molecule has 0 aliphatic heterocycles. The minimum Gasteiger partial charge on any atom is -0.399 e. The first kappa shape index (κ1) is 13.7. The fourth-order valence-electron chi connectivity index (χ4n) is 2.79. The van der Waals surface area contributed by atoms with Gasteiger partial charge in [0.25, 0.3) is 0 Å². The number of aryl methyl sites for hydroxylation is 2. The van der Waals surface area contributed by atoms with E-state index in [-0.39, 0.29) is 0 Å². The molecule has 0 aliphatic carbocycles. The van der Waals surface area contributed by atoms with Gasteiger partial charge in [0.15, 0.2) is 0 Å². The normalized spacial score (nSPS) is 11.4. The molecule has 3 aromatic rings. The summed E-state index contributed by atoms with van der Waals surface area (Å²) >= 11 is 0. The Balaban J connectivity index is 1.89. The molecule has 3 heteroatoms. The molecule has 21 heavy (non-hydrogen) atoms.